The molecule has 1 aliphatic heterocycles. The summed E-state index contributed by atoms with van der Waals surface area (Å²) in [5.74, 6) is 1.43. The van der Waals surface area contributed by atoms with Crippen LogP contribution in [0, 0.1) is 6.92 Å². The van der Waals surface area contributed by atoms with E-state index in [0.29, 0.717) is 11.5 Å². The summed E-state index contributed by atoms with van der Waals surface area (Å²) in [5, 5.41) is 8.12. The van der Waals surface area contributed by atoms with Crippen LogP contribution < -0.4 is 15.5 Å². The Morgan fingerprint density at radius 2 is 2.07 bits per heavy atom. The number of thiocarbonyl (C=S) groups is 1. The van der Waals surface area contributed by atoms with Crippen LogP contribution in [-0.2, 0) is 4.79 Å². The van der Waals surface area contributed by atoms with Crippen LogP contribution in [0.1, 0.15) is 56.9 Å². The normalized spacial score (nSPS) is 18.0. The lowest BCUT2D eigenvalue weighted by atomic mass is 10.0. The number of hydrogen-bond donors (Lipinski definition) is 2. The number of carbonyl (C=O) groups is 1. The Morgan fingerprint density at radius 3 is 2.78 bits per heavy atom. The standard InChI is InChI=1S/C21H31N3OS2/c1-16-15-17(10-11-19(16)24-13-5-9-20(24)25)23-21(26)22-12-6-14-27-18-7-3-2-4-8-18/h10-11,15,18H,2-9,12-14H2,1H3,(H2,22,23,26). The van der Waals surface area contributed by atoms with E-state index in [1.165, 1.54) is 37.9 Å². The molecule has 2 aliphatic rings. The summed E-state index contributed by atoms with van der Waals surface area (Å²) in [5.41, 5.74) is 3.08. The third kappa shape index (κ3) is 6.11. The van der Waals surface area contributed by atoms with Gasteiger partial charge in [-0.25, -0.2) is 0 Å². The first kappa shape index (κ1) is 20.5. The average molecular weight is 406 g/mol. The molecule has 3 rings (SSSR count). The van der Waals surface area contributed by atoms with Crippen molar-refractivity contribution in [2.24, 2.45) is 0 Å². The lowest BCUT2D eigenvalue weighted by Gasteiger charge is -2.21. The third-order valence-electron chi connectivity index (χ3n) is 5.33. The third-order valence-corrected chi connectivity index (χ3v) is 7.04. The van der Waals surface area contributed by atoms with Gasteiger partial charge in [-0.2, -0.15) is 11.8 Å². The van der Waals surface area contributed by atoms with Gasteiger partial charge in [0.25, 0.3) is 0 Å². The fourth-order valence-corrected chi connectivity index (χ4v) is 5.40. The van der Waals surface area contributed by atoms with Crippen molar-refractivity contribution in [1.29, 1.82) is 0 Å². The molecule has 1 aliphatic carbocycles. The maximum absolute atomic E-state index is 11.9. The topological polar surface area (TPSA) is 44.4 Å². The molecule has 0 aromatic heterocycles. The van der Waals surface area contributed by atoms with Gasteiger partial charge in [-0.1, -0.05) is 19.3 Å². The zero-order chi connectivity index (χ0) is 19.1. The lowest BCUT2D eigenvalue weighted by Crippen LogP contribution is -2.29. The minimum absolute atomic E-state index is 0.224. The molecule has 0 atom stereocenters. The molecule has 1 aromatic carbocycles. The molecule has 0 spiro atoms. The van der Waals surface area contributed by atoms with Gasteiger partial charge in [-0.05, 0) is 74.3 Å². The second-order valence-corrected chi connectivity index (χ2v) is 9.33. The molecule has 148 valence electrons. The van der Waals surface area contributed by atoms with Gasteiger partial charge in [0, 0.05) is 36.1 Å². The molecular formula is C21H31N3OS2. The highest BCUT2D eigenvalue weighted by atomic mass is 32.2. The Labute approximate surface area is 172 Å². The quantitative estimate of drug-likeness (QED) is 0.501. The van der Waals surface area contributed by atoms with Crippen molar-refractivity contribution in [2.75, 3.05) is 29.1 Å². The summed E-state index contributed by atoms with van der Waals surface area (Å²) >= 11 is 7.55. The minimum atomic E-state index is 0.224. The van der Waals surface area contributed by atoms with Gasteiger partial charge in [0.05, 0.1) is 0 Å². The maximum Gasteiger partial charge on any atom is 0.227 e. The summed E-state index contributed by atoms with van der Waals surface area (Å²) in [6.07, 6.45) is 9.79. The number of amides is 1. The van der Waals surface area contributed by atoms with E-state index in [4.69, 9.17) is 12.2 Å². The van der Waals surface area contributed by atoms with Crippen LogP contribution in [0.15, 0.2) is 18.2 Å². The fourth-order valence-electron chi connectivity index (χ4n) is 3.87. The van der Waals surface area contributed by atoms with E-state index in [1.54, 1.807) is 0 Å². The molecule has 1 amide bonds. The van der Waals surface area contributed by atoms with E-state index in [0.717, 1.165) is 48.1 Å². The fraction of sp³-hybridized carbons (Fsp3) is 0.619. The molecule has 6 heteroatoms. The SMILES string of the molecule is Cc1cc(NC(=S)NCCCSC2CCCCC2)ccc1N1CCCC1=O. The summed E-state index contributed by atoms with van der Waals surface area (Å²) in [6, 6.07) is 6.08. The van der Waals surface area contributed by atoms with Crippen molar-refractivity contribution >= 4 is 46.4 Å². The zero-order valence-corrected chi connectivity index (χ0v) is 17.9. The number of aryl methyl sites for hydroxylation is 1. The molecule has 2 fully saturated rings. The van der Waals surface area contributed by atoms with Crippen molar-refractivity contribution < 1.29 is 4.79 Å². The number of hydrogen-bond acceptors (Lipinski definition) is 3. The highest BCUT2D eigenvalue weighted by molar-refractivity contribution is 7.99. The maximum atomic E-state index is 11.9. The van der Waals surface area contributed by atoms with Crippen LogP contribution >= 0.6 is 24.0 Å². The molecule has 1 saturated heterocycles. The summed E-state index contributed by atoms with van der Waals surface area (Å²) in [4.78, 5) is 13.8. The van der Waals surface area contributed by atoms with Gasteiger partial charge in [0.2, 0.25) is 5.91 Å². The van der Waals surface area contributed by atoms with Gasteiger partial charge in [0.1, 0.15) is 0 Å². The zero-order valence-electron chi connectivity index (χ0n) is 16.3. The number of nitrogens with one attached hydrogen (secondary N) is 2. The highest BCUT2D eigenvalue weighted by Gasteiger charge is 2.22. The predicted octanol–water partition coefficient (Wildman–Crippen LogP) is 4.86. The predicted molar refractivity (Wildman–Crippen MR) is 121 cm³/mol. The smallest absolute Gasteiger partial charge is 0.227 e. The first-order chi connectivity index (χ1) is 13.1. The van der Waals surface area contributed by atoms with Gasteiger partial charge in [-0.15, -0.1) is 0 Å². The van der Waals surface area contributed by atoms with Gasteiger partial charge >= 0.3 is 0 Å². The molecular weight excluding hydrogens is 374 g/mol. The van der Waals surface area contributed by atoms with E-state index in [9.17, 15) is 4.79 Å². The monoisotopic (exact) mass is 405 g/mol. The van der Waals surface area contributed by atoms with Crippen molar-refractivity contribution in [3.63, 3.8) is 0 Å². The summed E-state index contributed by atoms with van der Waals surface area (Å²) < 4.78 is 0. The van der Waals surface area contributed by atoms with Crippen LogP contribution in [0.2, 0.25) is 0 Å². The number of rotatable bonds is 7. The van der Waals surface area contributed by atoms with Crippen LogP contribution in [0.5, 0.6) is 0 Å². The molecule has 0 unspecified atom stereocenters. The van der Waals surface area contributed by atoms with Crippen LogP contribution in [0.3, 0.4) is 0 Å². The van der Waals surface area contributed by atoms with Crippen molar-refractivity contribution in [3.05, 3.63) is 23.8 Å². The first-order valence-electron chi connectivity index (χ1n) is 10.2. The molecule has 1 saturated carbocycles. The number of thioether (sulfide) groups is 1. The molecule has 0 radical (unpaired) electrons. The average Bonchev–Trinajstić information content (AvgIpc) is 3.08. The molecule has 4 nitrogen and oxygen atoms in total. The summed E-state index contributed by atoms with van der Waals surface area (Å²) in [7, 11) is 0. The van der Waals surface area contributed by atoms with Gasteiger partial charge in [-0.3, -0.25) is 4.79 Å². The van der Waals surface area contributed by atoms with Crippen molar-refractivity contribution in [3.8, 4) is 0 Å². The lowest BCUT2D eigenvalue weighted by molar-refractivity contribution is -0.117. The number of benzene rings is 1. The second kappa shape index (κ2) is 10.3. The largest absolute Gasteiger partial charge is 0.362 e. The van der Waals surface area contributed by atoms with Crippen molar-refractivity contribution in [1.82, 2.24) is 5.32 Å². The van der Waals surface area contributed by atoms with Crippen LogP contribution in [-0.4, -0.2) is 35.1 Å². The molecule has 1 heterocycles. The highest BCUT2D eigenvalue weighted by Crippen LogP contribution is 2.29. The Kier molecular flexibility index (Phi) is 7.82. The molecule has 0 bridgehead atoms. The van der Waals surface area contributed by atoms with E-state index < -0.39 is 0 Å². The van der Waals surface area contributed by atoms with Crippen LogP contribution in [0.4, 0.5) is 11.4 Å². The molecule has 2 N–H and O–H groups in total. The van der Waals surface area contributed by atoms with Crippen LogP contribution in [0.25, 0.3) is 0 Å². The number of nitrogens with zero attached hydrogens (tertiary/aromatic N) is 1. The van der Waals surface area contributed by atoms with E-state index in [1.807, 2.05) is 24.0 Å². The Balaban J connectivity index is 1.37. The van der Waals surface area contributed by atoms with E-state index in [-0.39, 0.29) is 5.91 Å². The Bertz CT molecular complexity index is 659. The number of anilines is 2. The number of carbonyl (C=O) groups excluding carboxylic acids is 1. The van der Waals surface area contributed by atoms with Gasteiger partial charge < -0.3 is 15.5 Å². The Hall–Kier alpha value is -1.27. The second-order valence-electron chi connectivity index (χ2n) is 7.52. The van der Waals surface area contributed by atoms with Crippen molar-refractivity contribution in [2.45, 2.75) is 63.5 Å². The minimum Gasteiger partial charge on any atom is -0.362 e. The first-order valence-corrected chi connectivity index (χ1v) is 11.7. The molecule has 1 aromatic rings. The van der Waals surface area contributed by atoms with Gasteiger partial charge in [0.15, 0.2) is 5.11 Å². The van der Waals surface area contributed by atoms with E-state index in [2.05, 4.69) is 28.5 Å². The molecule has 27 heavy (non-hydrogen) atoms. The summed E-state index contributed by atoms with van der Waals surface area (Å²) in [6.45, 7) is 3.78. The van der Waals surface area contributed by atoms with E-state index >= 15 is 0 Å². The Morgan fingerprint density at radius 1 is 1.26 bits per heavy atom.